The number of benzene rings is 1. The normalized spacial score (nSPS) is 14.2. The Bertz CT molecular complexity index is 514. The number of hydrogen-bond acceptors (Lipinski definition) is 3. The van der Waals surface area contributed by atoms with Gasteiger partial charge in [0.1, 0.15) is 11.5 Å². The molecule has 2 aromatic rings. The summed E-state index contributed by atoms with van der Waals surface area (Å²) in [7, 11) is 0. The van der Waals surface area contributed by atoms with Gasteiger partial charge in [-0.05, 0) is 53.2 Å². The first-order chi connectivity index (χ1) is 8.58. The summed E-state index contributed by atoms with van der Waals surface area (Å²) in [5.74, 6) is 1.38. The summed E-state index contributed by atoms with van der Waals surface area (Å²) in [4.78, 5) is 0. The number of nitrogens with two attached hydrogens (primary N) is 1. The maximum Gasteiger partial charge on any atom is 0.171 e. The first-order valence-corrected chi connectivity index (χ1v) is 6.65. The maximum atomic E-state index is 5.93. The van der Waals surface area contributed by atoms with Gasteiger partial charge in [0.15, 0.2) is 6.10 Å². The Labute approximate surface area is 119 Å². The van der Waals surface area contributed by atoms with E-state index in [-0.39, 0.29) is 12.1 Å². The monoisotopic (exact) mass is 329 g/mol. The predicted octanol–water partition coefficient (Wildman–Crippen LogP) is 4.16. The van der Waals surface area contributed by atoms with Crippen LogP contribution in [-0.4, -0.2) is 6.04 Å². The summed E-state index contributed by atoms with van der Waals surface area (Å²) in [6.45, 7) is 1.87. The number of rotatable bonds is 4. The molecule has 0 aliphatic carbocycles. The van der Waals surface area contributed by atoms with E-state index in [0.29, 0.717) is 16.5 Å². The Kier molecular flexibility index (Phi) is 4.32. The van der Waals surface area contributed by atoms with Crippen LogP contribution < -0.4 is 10.5 Å². The molecule has 1 heterocycles. The molecule has 0 spiro atoms. The SMILES string of the molecule is CC(N)C(Oc1ccc(Cl)cc1Br)c1ccco1. The molecule has 0 saturated heterocycles. The Morgan fingerprint density at radius 1 is 1.39 bits per heavy atom. The van der Waals surface area contributed by atoms with Crippen molar-refractivity contribution in [3.63, 3.8) is 0 Å². The van der Waals surface area contributed by atoms with Gasteiger partial charge in [-0.3, -0.25) is 0 Å². The molecule has 0 fully saturated rings. The van der Waals surface area contributed by atoms with Crippen LogP contribution in [0.5, 0.6) is 5.75 Å². The van der Waals surface area contributed by atoms with E-state index in [1.54, 1.807) is 24.5 Å². The molecule has 96 valence electrons. The van der Waals surface area contributed by atoms with Gasteiger partial charge in [0.2, 0.25) is 0 Å². The second-order valence-electron chi connectivity index (χ2n) is 3.99. The molecule has 0 amide bonds. The molecule has 0 bridgehead atoms. The zero-order chi connectivity index (χ0) is 13.1. The fourth-order valence-electron chi connectivity index (χ4n) is 1.59. The highest BCUT2D eigenvalue weighted by atomic mass is 79.9. The average Bonchev–Trinajstić information content (AvgIpc) is 2.80. The highest BCUT2D eigenvalue weighted by molar-refractivity contribution is 9.10. The Morgan fingerprint density at radius 2 is 2.17 bits per heavy atom. The molecule has 18 heavy (non-hydrogen) atoms. The molecule has 0 aliphatic rings. The van der Waals surface area contributed by atoms with Crippen LogP contribution in [0.4, 0.5) is 0 Å². The lowest BCUT2D eigenvalue weighted by Gasteiger charge is -2.21. The second kappa shape index (κ2) is 5.78. The molecule has 0 aliphatic heterocycles. The summed E-state index contributed by atoms with van der Waals surface area (Å²) in [5, 5.41) is 0.643. The lowest BCUT2D eigenvalue weighted by molar-refractivity contribution is 0.152. The molecule has 1 aromatic heterocycles. The summed E-state index contributed by atoms with van der Waals surface area (Å²) >= 11 is 9.29. The maximum absolute atomic E-state index is 5.93. The smallest absolute Gasteiger partial charge is 0.171 e. The molecule has 2 rings (SSSR count). The van der Waals surface area contributed by atoms with Gasteiger partial charge in [0, 0.05) is 11.1 Å². The van der Waals surface area contributed by atoms with E-state index >= 15 is 0 Å². The number of furan rings is 1. The van der Waals surface area contributed by atoms with E-state index in [1.807, 2.05) is 19.1 Å². The topological polar surface area (TPSA) is 48.4 Å². The molecular formula is C13H13BrClNO2. The summed E-state index contributed by atoms with van der Waals surface area (Å²) < 4.78 is 12.0. The molecule has 5 heteroatoms. The largest absolute Gasteiger partial charge is 0.480 e. The highest BCUT2D eigenvalue weighted by Crippen LogP contribution is 2.32. The van der Waals surface area contributed by atoms with Crippen molar-refractivity contribution in [3.05, 3.63) is 51.9 Å². The summed E-state index contributed by atoms with van der Waals surface area (Å²) in [6, 6.07) is 8.80. The van der Waals surface area contributed by atoms with Gasteiger partial charge < -0.3 is 14.9 Å². The molecule has 2 N–H and O–H groups in total. The fourth-order valence-corrected chi connectivity index (χ4v) is 2.36. The van der Waals surface area contributed by atoms with E-state index in [1.165, 1.54) is 0 Å². The van der Waals surface area contributed by atoms with E-state index < -0.39 is 0 Å². The molecule has 2 unspecified atom stereocenters. The van der Waals surface area contributed by atoms with Gasteiger partial charge >= 0.3 is 0 Å². The van der Waals surface area contributed by atoms with Gasteiger partial charge in [-0.25, -0.2) is 0 Å². The Hall–Kier alpha value is -0.970. The van der Waals surface area contributed by atoms with Crippen molar-refractivity contribution in [1.29, 1.82) is 0 Å². The van der Waals surface area contributed by atoms with E-state index in [9.17, 15) is 0 Å². The van der Waals surface area contributed by atoms with Crippen molar-refractivity contribution in [3.8, 4) is 5.75 Å². The first kappa shape index (κ1) is 13.5. The lowest BCUT2D eigenvalue weighted by atomic mass is 10.1. The first-order valence-electron chi connectivity index (χ1n) is 5.48. The molecule has 3 nitrogen and oxygen atoms in total. The minimum atomic E-state index is -0.336. The number of hydrogen-bond donors (Lipinski definition) is 1. The molecule has 0 radical (unpaired) electrons. The van der Waals surface area contributed by atoms with Crippen LogP contribution in [0.15, 0.2) is 45.5 Å². The minimum Gasteiger partial charge on any atom is -0.480 e. The standard InChI is InChI=1S/C13H13BrClNO2/c1-8(16)13(12-3-2-6-17-12)18-11-5-4-9(15)7-10(11)14/h2-8,13H,16H2,1H3. The van der Waals surface area contributed by atoms with E-state index in [2.05, 4.69) is 15.9 Å². The van der Waals surface area contributed by atoms with Crippen LogP contribution in [-0.2, 0) is 0 Å². The van der Waals surface area contributed by atoms with E-state index in [4.69, 9.17) is 26.5 Å². The van der Waals surface area contributed by atoms with Gasteiger partial charge in [-0.1, -0.05) is 11.6 Å². The third kappa shape index (κ3) is 3.07. The van der Waals surface area contributed by atoms with Gasteiger partial charge in [0.05, 0.1) is 10.7 Å². The molecule has 0 saturated carbocycles. The van der Waals surface area contributed by atoms with Crippen LogP contribution >= 0.6 is 27.5 Å². The van der Waals surface area contributed by atoms with Crippen LogP contribution in [0.25, 0.3) is 0 Å². The van der Waals surface area contributed by atoms with Crippen molar-refractivity contribution in [2.75, 3.05) is 0 Å². The molecular weight excluding hydrogens is 318 g/mol. The van der Waals surface area contributed by atoms with Crippen molar-refractivity contribution in [2.45, 2.75) is 19.1 Å². The third-order valence-electron chi connectivity index (χ3n) is 2.45. The molecule has 2 atom stereocenters. The number of ether oxygens (including phenoxy) is 1. The Morgan fingerprint density at radius 3 is 2.72 bits per heavy atom. The van der Waals surface area contributed by atoms with Crippen LogP contribution in [0, 0.1) is 0 Å². The zero-order valence-electron chi connectivity index (χ0n) is 9.77. The van der Waals surface area contributed by atoms with Crippen molar-refractivity contribution in [2.24, 2.45) is 5.73 Å². The van der Waals surface area contributed by atoms with Crippen LogP contribution in [0.1, 0.15) is 18.8 Å². The van der Waals surface area contributed by atoms with Crippen molar-refractivity contribution < 1.29 is 9.15 Å². The van der Waals surface area contributed by atoms with Crippen molar-refractivity contribution >= 4 is 27.5 Å². The second-order valence-corrected chi connectivity index (χ2v) is 5.28. The predicted molar refractivity (Wildman–Crippen MR) is 74.9 cm³/mol. The fraction of sp³-hybridized carbons (Fsp3) is 0.231. The van der Waals surface area contributed by atoms with Gasteiger partial charge in [-0.2, -0.15) is 0 Å². The third-order valence-corrected chi connectivity index (χ3v) is 3.30. The van der Waals surface area contributed by atoms with Crippen molar-refractivity contribution in [1.82, 2.24) is 0 Å². The molecule has 1 aromatic carbocycles. The quantitative estimate of drug-likeness (QED) is 0.915. The minimum absolute atomic E-state index is 0.196. The highest BCUT2D eigenvalue weighted by Gasteiger charge is 2.21. The van der Waals surface area contributed by atoms with Gasteiger partial charge in [-0.15, -0.1) is 0 Å². The number of halogens is 2. The van der Waals surface area contributed by atoms with Gasteiger partial charge in [0.25, 0.3) is 0 Å². The van der Waals surface area contributed by atoms with Crippen LogP contribution in [0.3, 0.4) is 0 Å². The van der Waals surface area contributed by atoms with Crippen LogP contribution in [0.2, 0.25) is 5.02 Å². The summed E-state index contributed by atoms with van der Waals surface area (Å²) in [6.07, 6.45) is 1.27. The Balaban J connectivity index is 2.24. The zero-order valence-corrected chi connectivity index (χ0v) is 12.1. The average molecular weight is 331 g/mol. The van der Waals surface area contributed by atoms with E-state index in [0.717, 1.165) is 4.47 Å². The lowest BCUT2D eigenvalue weighted by Crippen LogP contribution is -2.28. The summed E-state index contributed by atoms with van der Waals surface area (Å²) in [5.41, 5.74) is 5.93.